The third-order valence-electron chi connectivity index (χ3n) is 6.99. The van der Waals surface area contributed by atoms with E-state index in [1.165, 1.54) is 74.3 Å². The van der Waals surface area contributed by atoms with Crippen LogP contribution in [0.25, 0.3) is 5.57 Å². The lowest BCUT2D eigenvalue weighted by Crippen LogP contribution is -2.13. The quantitative estimate of drug-likeness (QED) is 0.495. The Balaban J connectivity index is 1.40. The van der Waals surface area contributed by atoms with Gasteiger partial charge in [0.15, 0.2) is 11.6 Å². The Labute approximate surface area is 175 Å². The van der Waals surface area contributed by atoms with Gasteiger partial charge < -0.3 is 4.74 Å². The second kappa shape index (κ2) is 9.15. The monoisotopic (exact) mass is 392 g/mol. The number of methoxy groups -OCH3 is 1. The van der Waals surface area contributed by atoms with Gasteiger partial charge in [-0.15, -0.1) is 0 Å². The van der Waals surface area contributed by atoms with E-state index < -0.39 is 0 Å². The topological polar surface area (TPSA) is 9.23 Å². The van der Waals surface area contributed by atoms with Crippen LogP contribution in [0.3, 0.4) is 0 Å². The number of ether oxygens (including phenoxy) is 1. The van der Waals surface area contributed by atoms with Crippen molar-refractivity contribution in [3.8, 4) is 5.75 Å². The highest BCUT2D eigenvalue weighted by Crippen LogP contribution is 2.38. The Morgan fingerprint density at radius 1 is 1.00 bits per heavy atom. The average molecular weight is 393 g/mol. The molecule has 2 aliphatic carbocycles. The van der Waals surface area contributed by atoms with Crippen LogP contribution >= 0.6 is 0 Å². The number of halogens is 1. The van der Waals surface area contributed by atoms with E-state index in [2.05, 4.69) is 37.3 Å². The number of hydrogen-bond acceptors (Lipinski definition) is 1. The van der Waals surface area contributed by atoms with Crippen LogP contribution in [-0.2, 0) is 12.8 Å². The number of rotatable bonds is 6. The van der Waals surface area contributed by atoms with Gasteiger partial charge in [-0.1, -0.05) is 56.5 Å². The Morgan fingerprint density at radius 3 is 2.45 bits per heavy atom. The predicted molar refractivity (Wildman–Crippen MR) is 119 cm³/mol. The third-order valence-corrected chi connectivity index (χ3v) is 6.99. The molecule has 0 aliphatic heterocycles. The van der Waals surface area contributed by atoms with Gasteiger partial charge in [-0.05, 0) is 90.3 Å². The van der Waals surface area contributed by atoms with Gasteiger partial charge in [0, 0.05) is 0 Å². The molecule has 0 amide bonds. The van der Waals surface area contributed by atoms with Crippen molar-refractivity contribution in [3.63, 3.8) is 0 Å². The molecule has 29 heavy (non-hydrogen) atoms. The average Bonchev–Trinajstić information content (AvgIpc) is 2.77. The van der Waals surface area contributed by atoms with Gasteiger partial charge in [-0.25, -0.2) is 4.39 Å². The maximum Gasteiger partial charge on any atom is 0.165 e. The third kappa shape index (κ3) is 4.57. The molecule has 0 spiro atoms. The Hall–Kier alpha value is -2.09. The van der Waals surface area contributed by atoms with E-state index in [-0.39, 0.29) is 5.82 Å². The summed E-state index contributed by atoms with van der Waals surface area (Å²) in [7, 11) is 1.52. The lowest BCUT2D eigenvalue weighted by atomic mass is 9.77. The van der Waals surface area contributed by atoms with Crippen molar-refractivity contribution in [3.05, 3.63) is 70.5 Å². The van der Waals surface area contributed by atoms with Gasteiger partial charge >= 0.3 is 0 Å². The van der Waals surface area contributed by atoms with Gasteiger partial charge in [0.25, 0.3) is 0 Å². The Bertz CT molecular complexity index is 857. The van der Waals surface area contributed by atoms with Crippen LogP contribution in [0.2, 0.25) is 0 Å². The molecule has 154 valence electrons. The summed E-state index contributed by atoms with van der Waals surface area (Å²) in [6.45, 7) is 2.29. The van der Waals surface area contributed by atoms with Crippen molar-refractivity contribution < 1.29 is 9.13 Å². The van der Waals surface area contributed by atoms with Crippen LogP contribution in [0.15, 0.2) is 42.5 Å². The minimum Gasteiger partial charge on any atom is -0.494 e. The van der Waals surface area contributed by atoms with Crippen molar-refractivity contribution in [1.29, 1.82) is 0 Å². The lowest BCUT2D eigenvalue weighted by molar-refractivity contribution is 0.304. The first kappa shape index (κ1) is 20.2. The number of benzene rings is 2. The Kier molecular flexibility index (Phi) is 6.37. The molecule has 2 aliphatic rings. The first-order chi connectivity index (χ1) is 14.2. The molecule has 0 bridgehead atoms. The van der Waals surface area contributed by atoms with Crippen molar-refractivity contribution in [2.75, 3.05) is 7.11 Å². The largest absolute Gasteiger partial charge is 0.494 e. The van der Waals surface area contributed by atoms with Gasteiger partial charge in [0.2, 0.25) is 0 Å². The number of hydrogen-bond donors (Lipinski definition) is 0. The highest BCUT2D eigenvalue weighted by Gasteiger charge is 2.22. The van der Waals surface area contributed by atoms with Crippen LogP contribution in [0, 0.1) is 11.7 Å². The summed E-state index contributed by atoms with van der Waals surface area (Å²) in [6.07, 6.45) is 13.5. The molecule has 0 unspecified atom stereocenters. The summed E-state index contributed by atoms with van der Waals surface area (Å²) < 4.78 is 19.2. The van der Waals surface area contributed by atoms with E-state index in [1.807, 2.05) is 6.07 Å². The lowest BCUT2D eigenvalue weighted by Gasteiger charge is -2.29. The van der Waals surface area contributed by atoms with Gasteiger partial charge in [-0.2, -0.15) is 0 Å². The molecule has 0 N–H and O–H groups in total. The molecule has 0 heterocycles. The minimum absolute atomic E-state index is 0.266. The predicted octanol–water partition coefficient (Wildman–Crippen LogP) is 7.48. The summed E-state index contributed by atoms with van der Waals surface area (Å²) in [5, 5.41) is 0. The molecule has 2 aromatic rings. The van der Waals surface area contributed by atoms with E-state index in [0.29, 0.717) is 5.75 Å². The maximum atomic E-state index is 14.1. The van der Waals surface area contributed by atoms with Crippen molar-refractivity contribution in [2.24, 2.45) is 5.92 Å². The standard InChI is InChI=1S/C27H33FO/c1-3-4-5-19-6-8-20(9-7-19)21-10-12-22(13-11-21)23-14-15-24-18-27(29-2)26(28)17-25(24)16-23/h10-14,17-20H,3-9,15-16H2,1-2H3. The molecule has 0 atom stereocenters. The van der Waals surface area contributed by atoms with E-state index in [0.717, 1.165) is 30.2 Å². The van der Waals surface area contributed by atoms with Crippen molar-refractivity contribution in [2.45, 2.75) is 70.6 Å². The zero-order chi connectivity index (χ0) is 20.2. The second-order valence-electron chi connectivity index (χ2n) is 8.85. The first-order valence-electron chi connectivity index (χ1n) is 11.3. The normalized spacial score (nSPS) is 21.4. The smallest absolute Gasteiger partial charge is 0.165 e. The van der Waals surface area contributed by atoms with E-state index in [4.69, 9.17) is 4.74 Å². The van der Waals surface area contributed by atoms with Gasteiger partial charge in [-0.3, -0.25) is 0 Å². The summed E-state index contributed by atoms with van der Waals surface area (Å²) in [6, 6.07) is 12.7. The fraction of sp³-hybridized carbons (Fsp3) is 0.481. The summed E-state index contributed by atoms with van der Waals surface area (Å²) >= 11 is 0. The van der Waals surface area contributed by atoms with Crippen LogP contribution in [0.1, 0.15) is 80.0 Å². The molecule has 0 radical (unpaired) electrons. The second-order valence-corrected chi connectivity index (χ2v) is 8.85. The fourth-order valence-electron chi connectivity index (χ4n) is 5.12. The molecule has 0 aromatic heterocycles. The summed E-state index contributed by atoms with van der Waals surface area (Å²) in [5.41, 5.74) is 6.32. The zero-order valence-electron chi connectivity index (χ0n) is 17.8. The molecule has 1 nitrogen and oxygen atoms in total. The minimum atomic E-state index is -0.266. The number of fused-ring (bicyclic) bond motifs is 1. The van der Waals surface area contributed by atoms with Crippen LogP contribution < -0.4 is 4.74 Å². The Morgan fingerprint density at radius 2 is 1.76 bits per heavy atom. The highest BCUT2D eigenvalue weighted by atomic mass is 19.1. The first-order valence-corrected chi connectivity index (χ1v) is 11.3. The summed E-state index contributed by atoms with van der Waals surface area (Å²) in [4.78, 5) is 0. The fourth-order valence-corrected chi connectivity index (χ4v) is 5.12. The SMILES string of the molecule is CCCCC1CCC(c2ccc(C3=CCc4cc(OC)c(F)cc4C3)cc2)CC1. The van der Waals surface area contributed by atoms with Gasteiger partial charge in [0.1, 0.15) is 0 Å². The van der Waals surface area contributed by atoms with Crippen LogP contribution in [-0.4, -0.2) is 7.11 Å². The molecule has 1 fully saturated rings. The molecular weight excluding hydrogens is 359 g/mol. The molecule has 4 rings (SSSR count). The maximum absolute atomic E-state index is 14.1. The van der Waals surface area contributed by atoms with Crippen molar-refractivity contribution in [1.82, 2.24) is 0 Å². The summed E-state index contributed by atoms with van der Waals surface area (Å²) in [5.74, 6) is 1.76. The van der Waals surface area contributed by atoms with E-state index >= 15 is 0 Å². The molecule has 1 saturated carbocycles. The highest BCUT2D eigenvalue weighted by molar-refractivity contribution is 5.71. The molecule has 2 aromatic carbocycles. The molecule has 0 saturated heterocycles. The molecule has 2 heteroatoms. The van der Waals surface area contributed by atoms with E-state index in [9.17, 15) is 4.39 Å². The number of unbranched alkanes of at least 4 members (excludes halogenated alkanes) is 1. The van der Waals surface area contributed by atoms with E-state index in [1.54, 1.807) is 6.07 Å². The zero-order valence-corrected chi connectivity index (χ0v) is 17.8. The van der Waals surface area contributed by atoms with Crippen LogP contribution in [0.5, 0.6) is 5.75 Å². The van der Waals surface area contributed by atoms with Gasteiger partial charge in [0.05, 0.1) is 7.11 Å². The van der Waals surface area contributed by atoms with Crippen molar-refractivity contribution >= 4 is 5.57 Å². The van der Waals surface area contributed by atoms with Crippen LogP contribution in [0.4, 0.5) is 4.39 Å². The molecular formula is C27H33FO. The number of allylic oxidation sites excluding steroid dienone is 2.